The Kier molecular flexibility index (Phi) is 5.65. The SMILES string of the molecule is CC(CO)(CO)NC(=O)/C=C/c1cc(Br)ccc1F. The molecule has 0 bridgehead atoms. The van der Waals surface area contributed by atoms with Crippen LogP contribution in [-0.4, -0.2) is 34.9 Å². The van der Waals surface area contributed by atoms with E-state index in [0.717, 1.165) is 6.08 Å². The topological polar surface area (TPSA) is 69.6 Å². The van der Waals surface area contributed by atoms with Crippen molar-refractivity contribution in [3.8, 4) is 0 Å². The molecule has 0 radical (unpaired) electrons. The third-order valence-electron chi connectivity index (χ3n) is 2.50. The van der Waals surface area contributed by atoms with Gasteiger partial charge in [0.25, 0.3) is 0 Å². The average molecular weight is 332 g/mol. The molecule has 1 rings (SSSR count). The zero-order chi connectivity index (χ0) is 14.5. The van der Waals surface area contributed by atoms with Gasteiger partial charge in [0.05, 0.1) is 18.8 Å². The van der Waals surface area contributed by atoms with Gasteiger partial charge in [-0.1, -0.05) is 15.9 Å². The fraction of sp³-hybridized carbons (Fsp3) is 0.308. The molecule has 0 saturated heterocycles. The number of aliphatic hydroxyl groups excluding tert-OH is 2. The molecule has 19 heavy (non-hydrogen) atoms. The molecule has 0 aliphatic rings. The van der Waals surface area contributed by atoms with Gasteiger partial charge < -0.3 is 15.5 Å². The number of carbonyl (C=O) groups excluding carboxylic acids is 1. The van der Waals surface area contributed by atoms with E-state index in [9.17, 15) is 9.18 Å². The van der Waals surface area contributed by atoms with Gasteiger partial charge in [0.2, 0.25) is 5.91 Å². The predicted molar refractivity (Wildman–Crippen MR) is 73.9 cm³/mol. The number of hydrogen-bond acceptors (Lipinski definition) is 3. The summed E-state index contributed by atoms with van der Waals surface area (Å²) in [5.41, 5.74) is -0.837. The molecule has 0 atom stereocenters. The number of rotatable bonds is 5. The maximum absolute atomic E-state index is 13.4. The van der Waals surface area contributed by atoms with Crippen LogP contribution in [0.2, 0.25) is 0 Å². The molecule has 0 aliphatic carbocycles. The second kappa shape index (κ2) is 6.79. The maximum Gasteiger partial charge on any atom is 0.244 e. The molecule has 0 aromatic heterocycles. The van der Waals surface area contributed by atoms with Gasteiger partial charge in [0, 0.05) is 16.1 Å². The van der Waals surface area contributed by atoms with Crippen molar-refractivity contribution in [1.29, 1.82) is 0 Å². The predicted octanol–water partition coefficient (Wildman–Crippen LogP) is 1.46. The van der Waals surface area contributed by atoms with Crippen molar-refractivity contribution in [1.82, 2.24) is 5.32 Å². The molecule has 4 nitrogen and oxygen atoms in total. The Morgan fingerprint density at radius 3 is 2.68 bits per heavy atom. The third-order valence-corrected chi connectivity index (χ3v) is 2.99. The normalized spacial score (nSPS) is 11.8. The van der Waals surface area contributed by atoms with E-state index in [1.165, 1.54) is 25.1 Å². The van der Waals surface area contributed by atoms with Crippen LogP contribution in [0.15, 0.2) is 28.7 Å². The first kappa shape index (κ1) is 15.8. The minimum atomic E-state index is -1.10. The van der Waals surface area contributed by atoms with Crippen molar-refractivity contribution in [2.24, 2.45) is 0 Å². The largest absolute Gasteiger partial charge is 0.394 e. The van der Waals surface area contributed by atoms with Crippen molar-refractivity contribution in [2.75, 3.05) is 13.2 Å². The van der Waals surface area contributed by atoms with Gasteiger partial charge in [0.1, 0.15) is 5.82 Å². The van der Waals surface area contributed by atoms with Crippen LogP contribution in [0.4, 0.5) is 4.39 Å². The maximum atomic E-state index is 13.4. The van der Waals surface area contributed by atoms with Gasteiger partial charge in [-0.25, -0.2) is 4.39 Å². The summed E-state index contributed by atoms with van der Waals surface area (Å²) in [5.74, 6) is -0.968. The summed E-state index contributed by atoms with van der Waals surface area (Å²) in [7, 11) is 0. The number of hydrogen-bond donors (Lipinski definition) is 3. The van der Waals surface area contributed by atoms with Gasteiger partial charge >= 0.3 is 0 Å². The highest BCUT2D eigenvalue weighted by molar-refractivity contribution is 9.10. The summed E-state index contributed by atoms with van der Waals surface area (Å²) >= 11 is 3.21. The minimum absolute atomic E-state index is 0.263. The fourth-order valence-electron chi connectivity index (χ4n) is 1.28. The number of carbonyl (C=O) groups is 1. The molecule has 0 spiro atoms. The van der Waals surface area contributed by atoms with Crippen molar-refractivity contribution in [3.05, 3.63) is 40.1 Å². The van der Waals surface area contributed by atoms with E-state index in [0.29, 0.717) is 4.47 Å². The average Bonchev–Trinajstić information content (AvgIpc) is 2.39. The van der Waals surface area contributed by atoms with Crippen LogP contribution >= 0.6 is 15.9 Å². The van der Waals surface area contributed by atoms with Crippen molar-refractivity contribution in [2.45, 2.75) is 12.5 Å². The van der Waals surface area contributed by atoms with Crippen LogP contribution in [-0.2, 0) is 4.79 Å². The first-order chi connectivity index (χ1) is 8.90. The smallest absolute Gasteiger partial charge is 0.244 e. The van der Waals surface area contributed by atoms with Crippen molar-refractivity contribution >= 4 is 27.9 Å². The summed E-state index contributed by atoms with van der Waals surface area (Å²) in [5, 5.41) is 20.5. The lowest BCUT2D eigenvalue weighted by Gasteiger charge is -2.25. The molecule has 104 valence electrons. The highest BCUT2D eigenvalue weighted by atomic mass is 79.9. The lowest BCUT2D eigenvalue weighted by atomic mass is 10.1. The number of nitrogens with one attached hydrogen (secondary N) is 1. The molecule has 1 amide bonds. The Morgan fingerprint density at radius 1 is 1.47 bits per heavy atom. The highest BCUT2D eigenvalue weighted by Crippen LogP contribution is 2.16. The summed E-state index contributed by atoms with van der Waals surface area (Å²) in [6.07, 6.45) is 2.47. The van der Waals surface area contributed by atoms with Crippen LogP contribution in [0, 0.1) is 5.82 Å². The van der Waals surface area contributed by atoms with Gasteiger partial charge in [-0.3, -0.25) is 4.79 Å². The molecule has 0 aliphatic heterocycles. The second-order valence-electron chi connectivity index (χ2n) is 4.37. The van der Waals surface area contributed by atoms with Gasteiger partial charge in [-0.05, 0) is 31.2 Å². The summed E-state index contributed by atoms with van der Waals surface area (Å²) in [4.78, 5) is 11.6. The minimum Gasteiger partial charge on any atom is -0.394 e. The van der Waals surface area contributed by atoms with Crippen LogP contribution in [0.3, 0.4) is 0 Å². The first-order valence-electron chi connectivity index (χ1n) is 5.57. The Balaban J connectivity index is 2.76. The van der Waals surface area contributed by atoms with Crippen molar-refractivity contribution in [3.63, 3.8) is 0 Å². The Bertz CT molecular complexity index is 487. The molecule has 6 heteroatoms. The Morgan fingerprint density at radius 2 is 2.11 bits per heavy atom. The number of amides is 1. The molecule has 0 heterocycles. The second-order valence-corrected chi connectivity index (χ2v) is 5.28. The van der Waals surface area contributed by atoms with Crippen LogP contribution in [0.5, 0.6) is 0 Å². The molecular weight excluding hydrogens is 317 g/mol. The summed E-state index contributed by atoms with van der Waals surface area (Å²) in [6.45, 7) is 0.709. The van der Waals surface area contributed by atoms with E-state index in [-0.39, 0.29) is 5.56 Å². The third kappa shape index (κ3) is 4.74. The van der Waals surface area contributed by atoms with Crippen LogP contribution in [0.25, 0.3) is 6.08 Å². The zero-order valence-corrected chi connectivity index (χ0v) is 11.9. The van der Waals surface area contributed by atoms with Gasteiger partial charge in [-0.15, -0.1) is 0 Å². The zero-order valence-electron chi connectivity index (χ0n) is 10.4. The summed E-state index contributed by atoms with van der Waals surface area (Å²) in [6, 6.07) is 4.38. The van der Waals surface area contributed by atoms with E-state index in [4.69, 9.17) is 10.2 Å². The lowest BCUT2D eigenvalue weighted by molar-refractivity contribution is -0.119. The van der Waals surface area contributed by atoms with E-state index >= 15 is 0 Å². The molecule has 1 aromatic rings. The first-order valence-corrected chi connectivity index (χ1v) is 6.36. The molecule has 0 saturated carbocycles. The molecule has 3 N–H and O–H groups in total. The number of benzene rings is 1. The van der Waals surface area contributed by atoms with Gasteiger partial charge in [0.15, 0.2) is 0 Å². The summed E-state index contributed by atoms with van der Waals surface area (Å²) < 4.78 is 14.1. The van der Waals surface area contributed by atoms with E-state index < -0.39 is 30.5 Å². The number of aliphatic hydroxyl groups is 2. The molecular formula is C13H15BrFNO3. The number of halogens is 2. The van der Waals surface area contributed by atoms with E-state index in [2.05, 4.69) is 21.2 Å². The van der Waals surface area contributed by atoms with Crippen LogP contribution < -0.4 is 5.32 Å². The van der Waals surface area contributed by atoms with Crippen LogP contribution in [0.1, 0.15) is 12.5 Å². The monoisotopic (exact) mass is 331 g/mol. The van der Waals surface area contributed by atoms with Crippen molar-refractivity contribution < 1.29 is 19.4 Å². The van der Waals surface area contributed by atoms with Gasteiger partial charge in [-0.2, -0.15) is 0 Å². The fourth-order valence-corrected chi connectivity index (χ4v) is 1.65. The van der Waals surface area contributed by atoms with E-state index in [1.54, 1.807) is 6.07 Å². The quantitative estimate of drug-likeness (QED) is 0.715. The Labute approximate surface area is 119 Å². The highest BCUT2D eigenvalue weighted by Gasteiger charge is 2.23. The lowest BCUT2D eigenvalue weighted by Crippen LogP contribution is -2.51. The molecule has 0 unspecified atom stereocenters. The Hall–Kier alpha value is -1.24. The van der Waals surface area contributed by atoms with E-state index in [1.807, 2.05) is 0 Å². The standard InChI is InChI=1S/C13H15BrFNO3/c1-13(7-17,8-18)16-12(19)5-2-9-6-10(14)3-4-11(9)15/h2-6,17-18H,7-8H2,1H3,(H,16,19)/b5-2+. The molecule has 0 fully saturated rings. The molecule has 1 aromatic carbocycles.